The molecule has 2 aromatic carbocycles. The summed E-state index contributed by atoms with van der Waals surface area (Å²) in [5.41, 5.74) is 2.23. The fourth-order valence-electron chi connectivity index (χ4n) is 3.22. The lowest BCUT2D eigenvalue weighted by atomic mass is 10.0. The van der Waals surface area contributed by atoms with Gasteiger partial charge in [0.2, 0.25) is 0 Å². The zero-order chi connectivity index (χ0) is 15.4. The Bertz CT molecular complexity index is 582. The standard InChI is InChI=1S/C19H23NO2/c21-17-11-7-15(8-12-17)19(22)18-13-10-16(20-18)9-6-14-4-2-1-3-5-14/h1-5,7-8,11-12,16,18-22H,6,9-10,13H2. The second-order valence-corrected chi connectivity index (χ2v) is 6.11. The molecule has 0 spiro atoms. The summed E-state index contributed by atoms with van der Waals surface area (Å²) in [5, 5.41) is 23.4. The minimum Gasteiger partial charge on any atom is -0.508 e. The van der Waals surface area contributed by atoms with E-state index in [1.807, 2.05) is 6.07 Å². The molecule has 3 unspecified atom stereocenters. The largest absolute Gasteiger partial charge is 0.508 e. The van der Waals surface area contributed by atoms with E-state index < -0.39 is 6.10 Å². The van der Waals surface area contributed by atoms with Crippen LogP contribution < -0.4 is 5.32 Å². The van der Waals surface area contributed by atoms with E-state index in [1.54, 1.807) is 24.3 Å². The minimum atomic E-state index is -0.512. The summed E-state index contributed by atoms with van der Waals surface area (Å²) in [6.45, 7) is 0. The minimum absolute atomic E-state index is 0.102. The number of nitrogens with one attached hydrogen (secondary N) is 1. The second-order valence-electron chi connectivity index (χ2n) is 6.11. The van der Waals surface area contributed by atoms with Gasteiger partial charge in [-0.1, -0.05) is 42.5 Å². The molecule has 3 N–H and O–H groups in total. The average molecular weight is 297 g/mol. The number of phenols is 1. The molecule has 0 bridgehead atoms. The Labute approximate surface area is 131 Å². The van der Waals surface area contributed by atoms with Crippen LogP contribution in [0, 0.1) is 0 Å². The summed E-state index contributed by atoms with van der Waals surface area (Å²) in [6.07, 6.45) is 3.75. The first-order chi connectivity index (χ1) is 10.7. The van der Waals surface area contributed by atoms with E-state index in [-0.39, 0.29) is 11.8 Å². The number of hydrogen-bond donors (Lipinski definition) is 3. The fourth-order valence-corrected chi connectivity index (χ4v) is 3.22. The van der Waals surface area contributed by atoms with Crippen molar-refractivity contribution in [3.05, 3.63) is 65.7 Å². The van der Waals surface area contributed by atoms with E-state index >= 15 is 0 Å². The van der Waals surface area contributed by atoms with Gasteiger partial charge >= 0.3 is 0 Å². The molecule has 3 heteroatoms. The SMILES string of the molecule is Oc1ccc(C(O)C2CCC(CCc3ccccc3)N2)cc1. The Kier molecular flexibility index (Phi) is 4.76. The van der Waals surface area contributed by atoms with Crippen molar-refractivity contribution >= 4 is 0 Å². The molecule has 116 valence electrons. The van der Waals surface area contributed by atoms with Gasteiger partial charge in [-0.15, -0.1) is 0 Å². The van der Waals surface area contributed by atoms with Gasteiger partial charge < -0.3 is 15.5 Å². The number of aliphatic hydroxyl groups excluding tert-OH is 1. The molecule has 2 aromatic rings. The second kappa shape index (κ2) is 6.95. The van der Waals surface area contributed by atoms with Crippen LogP contribution in [0.3, 0.4) is 0 Å². The molecule has 0 aromatic heterocycles. The number of aromatic hydroxyl groups is 1. The Hall–Kier alpha value is -1.84. The molecular formula is C19H23NO2. The number of hydrogen-bond acceptors (Lipinski definition) is 3. The fraction of sp³-hybridized carbons (Fsp3) is 0.368. The molecule has 0 radical (unpaired) electrons. The molecule has 0 aliphatic carbocycles. The lowest BCUT2D eigenvalue weighted by molar-refractivity contribution is 0.135. The third-order valence-electron chi connectivity index (χ3n) is 4.52. The summed E-state index contributed by atoms with van der Waals surface area (Å²) < 4.78 is 0. The van der Waals surface area contributed by atoms with Crippen LogP contribution in [0.1, 0.15) is 36.5 Å². The molecule has 1 saturated heterocycles. The Morgan fingerprint density at radius 1 is 1.00 bits per heavy atom. The monoisotopic (exact) mass is 297 g/mol. The first-order valence-corrected chi connectivity index (χ1v) is 7.99. The predicted molar refractivity (Wildman–Crippen MR) is 87.8 cm³/mol. The van der Waals surface area contributed by atoms with Crippen molar-refractivity contribution < 1.29 is 10.2 Å². The summed E-state index contributed by atoms with van der Waals surface area (Å²) in [4.78, 5) is 0. The van der Waals surface area contributed by atoms with Crippen molar-refractivity contribution in [1.29, 1.82) is 0 Å². The van der Waals surface area contributed by atoms with Gasteiger partial charge in [-0.3, -0.25) is 0 Å². The summed E-state index contributed by atoms with van der Waals surface area (Å²) in [6, 6.07) is 17.9. The van der Waals surface area contributed by atoms with Crippen molar-refractivity contribution in [2.75, 3.05) is 0 Å². The van der Waals surface area contributed by atoms with Crippen LogP contribution in [0.2, 0.25) is 0 Å². The summed E-state index contributed by atoms with van der Waals surface area (Å²) in [7, 11) is 0. The van der Waals surface area contributed by atoms with E-state index in [1.165, 1.54) is 5.56 Å². The van der Waals surface area contributed by atoms with E-state index in [0.29, 0.717) is 6.04 Å². The highest BCUT2D eigenvalue weighted by molar-refractivity contribution is 5.28. The number of phenolic OH excluding ortho intramolecular Hbond substituents is 1. The Balaban J connectivity index is 1.52. The number of aryl methyl sites for hydroxylation is 1. The first-order valence-electron chi connectivity index (χ1n) is 7.99. The number of benzene rings is 2. The number of aliphatic hydroxyl groups is 1. The highest BCUT2D eigenvalue weighted by Crippen LogP contribution is 2.27. The summed E-state index contributed by atoms with van der Waals surface area (Å²) in [5.74, 6) is 0.232. The van der Waals surface area contributed by atoms with Gasteiger partial charge in [0, 0.05) is 12.1 Å². The Morgan fingerprint density at radius 3 is 2.45 bits per heavy atom. The van der Waals surface area contributed by atoms with Crippen LogP contribution in [0.25, 0.3) is 0 Å². The molecule has 0 amide bonds. The van der Waals surface area contributed by atoms with Gasteiger partial charge in [-0.25, -0.2) is 0 Å². The third kappa shape index (κ3) is 3.67. The Morgan fingerprint density at radius 2 is 1.73 bits per heavy atom. The predicted octanol–water partition coefficient (Wildman–Crippen LogP) is 3.18. The zero-order valence-electron chi connectivity index (χ0n) is 12.7. The maximum absolute atomic E-state index is 10.5. The van der Waals surface area contributed by atoms with E-state index in [0.717, 1.165) is 31.2 Å². The van der Waals surface area contributed by atoms with Crippen molar-refractivity contribution in [2.45, 2.75) is 43.9 Å². The quantitative estimate of drug-likeness (QED) is 0.794. The molecule has 3 atom stereocenters. The average Bonchev–Trinajstić information content (AvgIpc) is 3.03. The highest BCUT2D eigenvalue weighted by Gasteiger charge is 2.29. The lowest BCUT2D eigenvalue weighted by Crippen LogP contribution is -2.34. The van der Waals surface area contributed by atoms with Crippen molar-refractivity contribution in [3.8, 4) is 5.75 Å². The van der Waals surface area contributed by atoms with Gasteiger partial charge in [0.05, 0.1) is 6.10 Å². The molecule has 3 nitrogen and oxygen atoms in total. The van der Waals surface area contributed by atoms with E-state index in [4.69, 9.17) is 0 Å². The van der Waals surface area contributed by atoms with Crippen LogP contribution in [0.5, 0.6) is 5.75 Å². The molecule has 1 heterocycles. The third-order valence-corrected chi connectivity index (χ3v) is 4.52. The topological polar surface area (TPSA) is 52.5 Å². The molecule has 1 aliphatic heterocycles. The zero-order valence-corrected chi connectivity index (χ0v) is 12.7. The molecule has 1 fully saturated rings. The van der Waals surface area contributed by atoms with Gasteiger partial charge in [0.1, 0.15) is 5.75 Å². The van der Waals surface area contributed by atoms with Gasteiger partial charge in [-0.2, -0.15) is 0 Å². The van der Waals surface area contributed by atoms with Crippen molar-refractivity contribution in [2.24, 2.45) is 0 Å². The van der Waals surface area contributed by atoms with Crippen LogP contribution in [-0.2, 0) is 6.42 Å². The molecule has 22 heavy (non-hydrogen) atoms. The molecule has 0 saturated carbocycles. The first kappa shape index (κ1) is 15.1. The van der Waals surface area contributed by atoms with Crippen LogP contribution in [0.15, 0.2) is 54.6 Å². The molecule has 1 aliphatic rings. The van der Waals surface area contributed by atoms with Gasteiger partial charge in [-0.05, 0) is 48.9 Å². The van der Waals surface area contributed by atoms with Gasteiger partial charge in [0.25, 0.3) is 0 Å². The van der Waals surface area contributed by atoms with E-state index in [2.05, 4.69) is 29.6 Å². The van der Waals surface area contributed by atoms with Gasteiger partial charge in [0.15, 0.2) is 0 Å². The summed E-state index contributed by atoms with van der Waals surface area (Å²) >= 11 is 0. The lowest BCUT2D eigenvalue weighted by Gasteiger charge is -2.20. The van der Waals surface area contributed by atoms with Crippen molar-refractivity contribution in [3.63, 3.8) is 0 Å². The van der Waals surface area contributed by atoms with E-state index in [9.17, 15) is 10.2 Å². The molecular weight excluding hydrogens is 274 g/mol. The highest BCUT2D eigenvalue weighted by atomic mass is 16.3. The van der Waals surface area contributed by atoms with Crippen LogP contribution in [-0.4, -0.2) is 22.3 Å². The maximum atomic E-state index is 10.5. The smallest absolute Gasteiger partial charge is 0.115 e. The number of rotatable bonds is 5. The maximum Gasteiger partial charge on any atom is 0.115 e. The van der Waals surface area contributed by atoms with Crippen LogP contribution in [0.4, 0.5) is 0 Å². The van der Waals surface area contributed by atoms with Crippen LogP contribution >= 0.6 is 0 Å². The van der Waals surface area contributed by atoms with Crippen molar-refractivity contribution in [1.82, 2.24) is 5.32 Å². The molecule has 3 rings (SSSR count). The normalized spacial score (nSPS) is 22.6.